The van der Waals surface area contributed by atoms with Crippen molar-refractivity contribution >= 4 is 28.8 Å². The van der Waals surface area contributed by atoms with E-state index in [4.69, 9.17) is 0 Å². The lowest BCUT2D eigenvalue weighted by Gasteiger charge is -2.26. The van der Waals surface area contributed by atoms with Crippen LogP contribution in [0.4, 0.5) is 11.4 Å². The van der Waals surface area contributed by atoms with Crippen LogP contribution in [0.1, 0.15) is 0 Å². The molecule has 1 aliphatic rings. The predicted octanol–water partition coefficient (Wildman–Crippen LogP) is 0.494. The molecule has 20 heavy (non-hydrogen) atoms. The zero-order valence-corrected chi connectivity index (χ0v) is 11.7. The molecular formula is C11H13N5O3S. The van der Waals surface area contributed by atoms with Gasteiger partial charge in [-0.2, -0.15) is 11.8 Å². The Morgan fingerprint density at radius 1 is 1.40 bits per heavy atom. The number of nitrogens with zero attached hydrogens (tertiary/aromatic N) is 5. The van der Waals surface area contributed by atoms with E-state index >= 15 is 0 Å². The summed E-state index contributed by atoms with van der Waals surface area (Å²) >= 11 is 1.85. The summed E-state index contributed by atoms with van der Waals surface area (Å²) in [7, 11) is 1.59. The molecule has 0 radical (unpaired) electrons. The molecule has 2 aromatic heterocycles. The topological polar surface area (TPSA) is 85.7 Å². The Bertz CT molecular complexity index is 731. The van der Waals surface area contributed by atoms with E-state index < -0.39 is 4.92 Å². The molecule has 0 amide bonds. The Morgan fingerprint density at radius 3 is 2.75 bits per heavy atom. The lowest BCUT2D eigenvalue weighted by Crippen LogP contribution is -2.35. The first-order valence-corrected chi connectivity index (χ1v) is 7.29. The smallest absolute Gasteiger partial charge is 0.305 e. The van der Waals surface area contributed by atoms with E-state index in [0.29, 0.717) is 11.3 Å². The monoisotopic (exact) mass is 295 g/mol. The van der Waals surface area contributed by atoms with Gasteiger partial charge in [-0.15, -0.1) is 0 Å². The number of fused-ring (bicyclic) bond motifs is 1. The maximum atomic E-state index is 12.4. The lowest BCUT2D eigenvalue weighted by atomic mass is 10.4. The van der Waals surface area contributed by atoms with Crippen molar-refractivity contribution in [3.8, 4) is 0 Å². The van der Waals surface area contributed by atoms with Crippen molar-refractivity contribution in [1.29, 1.82) is 0 Å². The Labute approximate surface area is 118 Å². The summed E-state index contributed by atoms with van der Waals surface area (Å²) in [5, 5.41) is 10.8. The average Bonchev–Trinajstić information content (AvgIpc) is 2.71. The van der Waals surface area contributed by atoms with Gasteiger partial charge in [0.15, 0.2) is 5.65 Å². The van der Waals surface area contributed by atoms with Crippen molar-refractivity contribution in [2.75, 3.05) is 29.5 Å². The van der Waals surface area contributed by atoms with Crippen molar-refractivity contribution in [2.24, 2.45) is 7.05 Å². The highest BCUT2D eigenvalue weighted by Gasteiger charge is 2.23. The molecule has 0 aliphatic carbocycles. The largest absolute Gasteiger partial charge is 0.362 e. The van der Waals surface area contributed by atoms with Gasteiger partial charge in [0.1, 0.15) is 18.1 Å². The molecule has 0 spiro atoms. The molecule has 0 saturated carbocycles. The molecular weight excluding hydrogens is 282 g/mol. The second-order valence-corrected chi connectivity index (χ2v) is 5.74. The normalized spacial score (nSPS) is 15.8. The van der Waals surface area contributed by atoms with Gasteiger partial charge >= 0.3 is 5.69 Å². The third-order valence-corrected chi connectivity index (χ3v) is 4.30. The van der Waals surface area contributed by atoms with E-state index in [9.17, 15) is 14.9 Å². The minimum atomic E-state index is -0.520. The van der Waals surface area contributed by atoms with Gasteiger partial charge in [0.25, 0.3) is 5.56 Å². The SMILES string of the molecule is Cn1c(=O)c(N2CCSCC2)c2ncc([N+](=O)[O-])cn21. The average molecular weight is 295 g/mol. The third kappa shape index (κ3) is 1.94. The van der Waals surface area contributed by atoms with E-state index in [1.165, 1.54) is 21.6 Å². The summed E-state index contributed by atoms with van der Waals surface area (Å²) < 4.78 is 2.80. The highest BCUT2D eigenvalue weighted by Crippen LogP contribution is 2.21. The van der Waals surface area contributed by atoms with Crippen LogP contribution in [0.2, 0.25) is 0 Å². The van der Waals surface area contributed by atoms with Crippen molar-refractivity contribution in [3.63, 3.8) is 0 Å². The van der Waals surface area contributed by atoms with Crippen molar-refractivity contribution in [3.05, 3.63) is 32.9 Å². The maximum absolute atomic E-state index is 12.4. The highest BCUT2D eigenvalue weighted by atomic mass is 32.2. The summed E-state index contributed by atoms with van der Waals surface area (Å²) in [5.41, 5.74) is 0.687. The Hall–Kier alpha value is -2.03. The predicted molar refractivity (Wildman–Crippen MR) is 76.6 cm³/mol. The fourth-order valence-corrected chi connectivity index (χ4v) is 3.21. The van der Waals surface area contributed by atoms with Crippen LogP contribution in [-0.4, -0.2) is 43.7 Å². The summed E-state index contributed by atoms with van der Waals surface area (Å²) in [6.45, 7) is 1.58. The number of aryl methyl sites for hydroxylation is 1. The molecule has 3 heterocycles. The van der Waals surface area contributed by atoms with Gasteiger partial charge in [-0.05, 0) is 0 Å². The van der Waals surface area contributed by atoms with Gasteiger partial charge in [0.2, 0.25) is 0 Å². The number of nitro groups is 1. The lowest BCUT2D eigenvalue weighted by molar-refractivity contribution is -0.385. The molecule has 0 bridgehead atoms. The zero-order chi connectivity index (χ0) is 14.3. The Balaban J connectivity index is 2.20. The number of hydrogen-bond donors (Lipinski definition) is 0. The van der Waals surface area contributed by atoms with E-state index in [1.807, 2.05) is 16.7 Å². The first-order chi connectivity index (χ1) is 9.59. The van der Waals surface area contributed by atoms with Crippen molar-refractivity contribution in [1.82, 2.24) is 14.2 Å². The van der Waals surface area contributed by atoms with Gasteiger partial charge < -0.3 is 4.90 Å². The minimum Gasteiger partial charge on any atom is -0.362 e. The molecule has 0 N–H and O–H groups in total. The van der Waals surface area contributed by atoms with Crippen LogP contribution in [0.15, 0.2) is 17.2 Å². The molecule has 106 valence electrons. The molecule has 9 heteroatoms. The number of aromatic nitrogens is 3. The van der Waals surface area contributed by atoms with Crippen LogP contribution in [0.5, 0.6) is 0 Å². The molecule has 1 saturated heterocycles. The van der Waals surface area contributed by atoms with E-state index in [1.54, 1.807) is 7.05 Å². The second-order valence-electron chi connectivity index (χ2n) is 4.51. The Morgan fingerprint density at radius 2 is 2.10 bits per heavy atom. The number of anilines is 1. The quantitative estimate of drug-likeness (QED) is 0.592. The molecule has 3 rings (SSSR count). The minimum absolute atomic E-state index is 0.135. The highest BCUT2D eigenvalue weighted by molar-refractivity contribution is 7.99. The fraction of sp³-hybridized carbons (Fsp3) is 0.455. The Kier molecular flexibility index (Phi) is 3.13. The van der Waals surface area contributed by atoms with Crippen LogP contribution in [0, 0.1) is 10.1 Å². The summed E-state index contributed by atoms with van der Waals surface area (Å²) in [6.07, 6.45) is 2.52. The van der Waals surface area contributed by atoms with Crippen molar-refractivity contribution in [2.45, 2.75) is 0 Å². The van der Waals surface area contributed by atoms with Gasteiger partial charge in [-0.3, -0.25) is 14.9 Å². The van der Waals surface area contributed by atoms with E-state index in [-0.39, 0.29) is 11.2 Å². The summed E-state index contributed by atoms with van der Waals surface area (Å²) in [5.74, 6) is 1.93. The van der Waals surface area contributed by atoms with Crippen LogP contribution >= 0.6 is 11.8 Å². The molecule has 0 unspecified atom stereocenters. The number of hydrogen-bond acceptors (Lipinski definition) is 6. The number of rotatable bonds is 2. The molecule has 0 atom stereocenters. The summed E-state index contributed by atoms with van der Waals surface area (Å²) in [6, 6.07) is 0. The zero-order valence-electron chi connectivity index (χ0n) is 10.9. The summed E-state index contributed by atoms with van der Waals surface area (Å²) in [4.78, 5) is 28.8. The van der Waals surface area contributed by atoms with Crippen LogP contribution in [0.3, 0.4) is 0 Å². The van der Waals surface area contributed by atoms with E-state index in [0.717, 1.165) is 24.6 Å². The van der Waals surface area contributed by atoms with Crippen LogP contribution in [0.25, 0.3) is 5.65 Å². The molecule has 8 nitrogen and oxygen atoms in total. The van der Waals surface area contributed by atoms with Crippen LogP contribution < -0.4 is 10.5 Å². The first-order valence-electron chi connectivity index (χ1n) is 6.14. The molecule has 1 fully saturated rings. The van der Waals surface area contributed by atoms with Gasteiger partial charge in [-0.25, -0.2) is 14.2 Å². The third-order valence-electron chi connectivity index (χ3n) is 3.36. The van der Waals surface area contributed by atoms with Crippen LogP contribution in [-0.2, 0) is 7.05 Å². The van der Waals surface area contributed by atoms with Gasteiger partial charge in [0, 0.05) is 31.6 Å². The van der Waals surface area contributed by atoms with Gasteiger partial charge in [-0.1, -0.05) is 0 Å². The van der Waals surface area contributed by atoms with E-state index in [2.05, 4.69) is 4.98 Å². The molecule has 1 aliphatic heterocycles. The van der Waals surface area contributed by atoms with Gasteiger partial charge in [0.05, 0.1) is 4.92 Å². The first kappa shape index (κ1) is 13.0. The standard InChI is InChI=1S/C11H13N5O3S/c1-13-11(17)9(14-2-4-20-5-3-14)10-12-6-8(16(18)19)7-15(10)13/h6-7H,2-5H2,1H3. The fourth-order valence-electron chi connectivity index (χ4n) is 2.31. The molecule has 2 aromatic rings. The maximum Gasteiger partial charge on any atom is 0.305 e. The van der Waals surface area contributed by atoms with Crippen molar-refractivity contribution < 1.29 is 4.92 Å². The number of thioether (sulfide) groups is 1. The molecule has 0 aromatic carbocycles. The second kappa shape index (κ2) is 4.82.